The van der Waals surface area contributed by atoms with E-state index in [1.807, 2.05) is 29.6 Å². The largest absolute Gasteiger partial charge is 0.494 e. The van der Waals surface area contributed by atoms with Gasteiger partial charge in [-0.3, -0.25) is 9.20 Å². The zero-order valence-electron chi connectivity index (χ0n) is 16.9. The number of hydrogen-bond acceptors (Lipinski definition) is 7. The van der Waals surface area contributed by atoms with E-state index in [2.05, 4.69) is 33.6 Å². The van der Waals surface area contributed by atoms with Gasteiger partial charge in [0.05, 0.1) is 12.3 Å². The fourth-order valence-electron chi connectivity index (χ4n) is 3.03. The Morgan fingerprint density at radius 3 is 2.77 bits per heavy atom. The van der Waals surface area contributed by atoms with E-state index >= 15 is 0 Å². The van der Waals surface area contributed by atoms with E-state index in [1.165, 1.54) is 23.1 Å². The van der Waals surface area contributed by atoms with Crippen LogP contribution in [0.4, 0.5) is 0 Å². The maximum Gasteiger partial charge on any atom is 0.258 e. The van der Waals surface area contributed by atoms with E-state index in [1.54, 1.807) is 16.7 Å². The summed E-state index contributed by atoms with van der Waals surface area (Å²) in [6.45, 7) is 5.70. The Labute approximate surface area is 182 Å². The van der Waals surface area contributed by atoms with Crippen molar-refractivity contribution in [1.82, 2.24) is 24.1 Å². The molecule has 0 saturated carbocycles. The molecule has 0 bridgehead atoms. The van der Waals surface area contributed by atoms with Gasteiger partial charge >= 0.3 is 0 Å². The van der Waals surface area contributed by atoms with Crippen molar-refractivity contribution in [2.75, 3.05) is 6.61 Å². The van der Waals surface area contributed by atoms with Gasteiger partial charge in [-0.25, -0.2) is 4.98 Å². The van der Waals surface area contributed by atoms with Crippen LogP contribution in [-0.4, -0.2) is 30.8 Å². The Bertz CT molecular complexity index is 1180. The number of thiazole rings is 1. The summed E-state index contributed by atoms with van der Waals surface area (Å²) in [7, 11) is 0. The minimum atomic E-state index is -0.0595. The van der Waals surface area contributed by atoms with Crippen molar-refractivity contribution in [3.8, 4) is 17.1 Å². The summed E-state index contributed by atoms with van der Waals surface area (Å²) >= 11 is 2.99. The van der Waals surface area contributed by atoms with Gasteiger partial charge in [-0.15, -0.1) is 21.5 Å². The normalized spacial score (nSPS) is 11.3. The number of ether oxygens (including phenoxy) is 1. The lowest BCUT2D eigenvalue weighted by Crippen LogP contribution is -2.12. The van der Waals surface area contributed by atoms with Crippen LogP contribution in [0.15, 0.2) is 51.9 Å². The quantitative estimate of drug-likeness (QED) is 0.281. The van der Waals surface area contributed by atoms with Gasteiger partial charge < -0.3 is 9.30 Å². The van der Waals surface area contributed by atoms with Gasteiger partial charge in [-0.1, -0.05) is 25.1 Å². The van der Waals surface area contributed by atoms with Crippen molar-refractivity contribution in [2.24, 2.45) is 0 Å². The van der Waals surface area contributed by atoms with Crippen molar-refractivity contribution >= 4 is 28.1 Å². The minimum absolute atomic E-state index is 0.0595. The van der Waals surface area contributed by atoms with Gasteiger partial charge in [0.15, 0.2) is 15.9 Å². The number of thioether (sulfide) groups is 1. The summed E-state index contributed by atoms with van der Waals surface area (Å²) < 4.78 is 9.37. The second kappa shape index (κ2) is 9.44. The second-order valence-electron chi connectivity index (χ2n) is 6.71. The molecule has 0 radical (unpaired) electrons. The average Bonchev–Trinajstić information content (AvgIpc) is 3.40. The fraction of sp³-hybridized carbons (Fsp3) is 0.333. The molecule has 0 saturated heterocycles. The molecule has 0 N–H and O–H groups in total. The highest BCUT2D eigenvalue weighted by atomic mass is 32.2. The maximum atomic E-state index is 12.2. The predicted molar refractivity (Wildman–Crippen MR) is 120 cm³/mol. The summed E-state index contributed by atoms with van der Waals surface area (Å²) in [5.74, 6) is 2.25. The number of nitrogens with zero attached hydrogens (tertiary/aromatic N) is 5. The van der Waals surface area contributed by atoms with E-state index in [9.17, 15) is 4.79 Å². The summed E-state index contributed by atoms with van der Waals surface area (Å²) in [6.07, 6.45) is 3.91. The molecule has 1 aromatic carbocycles. The molecule has 4 aromatic rings. The molecule has 0 aliphatic carbocycles. The summed E-state index contributed by atoms with van der Waals surface area (Å²) in [6, 6.07) is 9.55. The van der Waals surface area contributed by atoms with Crippen molar-refractivity contribution in [1.29, 1.82) is 0 Å². The van der Waals surface area contributed by atoms with Crippen LogP contribution in [0, 0.1) is 0 Å². The molecule has 0 spiro atoms. The monoisotopic (exact) mass is 441 g/mol. The first kappa shape index (κ1) is 20.6. The van der Waals surface area contributed by atoms with Crippen LogP contribution in [0.2, 0.25) is 0 Å². The standard InChI is InChI=1S/C21H23N5O2S2/c1-3-5-11-28-17-8-6-15(7-9-17)19-23-24-21(25(19)4-2)30-14-16-13-18(27)26-10-12-29-20(26)22-16/h6-10,12-13H,3-5,11,14H2,1-2H3. The molecule has 156 valence electrons. The van der Waals surface area contributed by atoms with E-state index in [4.69, 9.17) is 4.74 Å². The Balaban J connectivity index is 1.49. The second-order valence-corrected chi connectivity index (χ2v) is 8.52. The molecule has 0 aliphatic rings. The molecular formula is C21H23N5O2S2. The van der Waals surface area contributed by atoms with Gasteiger partial charge in [0.2, 0.25) is 0 Å². The Morgan fingerprint density at radius 1 is 1.17 bits per heavy atom. The third-order valence-electron chi connectivity index (χ3n) is 4.62. The molecule has 9 heteroatoms. The topological polar surface area (TPSA) is 74.3 Å². The van der Waals surface area contributed by atoms with Gasteiger partial charge in [-0.2, -0.15) is 0 Å². The van der Waals surface area contributed by atoms with E-state index in [0.29, 0.717) is 10.7 Å². The Hall–Kier alpha value is -2.65. The first-order valence-corrected chi connectivity index (χ1v) is 11.8. The molecule has 0 aliphatic heterocycles. The number of rotatable bonds is 9. The SMILES string of the molecule is CCCCOc1ccc(-c2nnc(SCc3cc(=O)n4ccsc4n3)n2CC)cc1. The van der Waals surface area contributed by atoms with Crippen LogP contribution < -0.4 is 10.3 Å². The molecule has 3 aromatic heterocycles. The van der Waals surface area contributed by atoms with Crippen molar-refractivity contribution in [3.05, 3.63) is 58.0 Å². The molecule has 0 unspecified atom stereocenters. The molecular weight excluding hydrogens is 418 g/mol. The molecule has 7 nitrogen and oxygen atoms in total. The number of fused-ring (bicyclic) bond motifs is 1. The highest BCUT2D eigenvalue weighted by Crippen LogP contribution is 2.27. The average molecular weight is 442 g/mol. The molecule has 0 fully saturated rings. The number of unbranched alkanes of at least 4 members (excludes halogenated alkanes) is 1. The zero-order valence-corrected chi connectivity index (χ0v) is 18.6. The predicted octanol–water partition coefficient (Wildman–Crippen LogP) is 4.51. The van der Waals surface area contributed by atoms with Gasteiger partial charge in [0.1, 0.15) is 5.75 Å². The van der Waals surface area contributed by atoms with E-state index in [0.717, 1.165) is 54.0 Å². The third-order valence-corrected chi connectivity index (χ3v) is 6.37. The van der Waals surface area contributed by atoms with Crippen LogP contribution in [0.5, 0.6) is 5.75 Å². The number of hydrogen-bond donors (Lipinski definition) is 0. The zero-order chi connectivity index (χ0) is 20.9. The van der Waals surface area contributed by atoms with Gasteiger partial charge in [-0.05, 0) is 37.6 Å². The van der Waals surface area contributed by atoms with Crippen molar-refractivity contribution in [3.63, 3.8) is 0 Å². The van der Waals surface area contributed by atoms with Crippen LogP contribution in [-0.2, 0) is 12.3 Å². The highest BCUT2D eigenvalue weighted by molar-refractivity contribution is 7.98. The van der Waals surface area contributed by atoms with Crippen LogP contribution in [0.1, 0.15) is 32.4 Å². The molecule has 4 rings (SSSR count). The summed E-state index contributed by atoms with van der Waals surface area (Å²) in [4.78, 5) is 17.4. The maximum absolute atomic E-state index is 12.2. The number of benzene rings is 1. The third kappa shape index (κ3) is 4.41. The van der Waals surface area contributed by atoms with Gasteiger partial charge in [0.25, 0.3) is 5.56 Å². The van der Waals surface area contributed by atoms with Crippen LogP contribution >= 0.6 is 23.1 Å². The van der Waals surface area contributed by atoms with Crippen molar-refractivity contribution in [2.45, 2.75) is 44.1 Å². The molecule has 3 heterocycles. The molecule has 30 heavy (non-hydrogen) atoms. The lowest BCUT2D eigenvalue weighted by Gasteiger charge is -2.09. The Kier molecular flexibility index (Phi) is 6.49. The van der Waals surface area contributed by atoms with Crippen molar-refractivity contribution < 1.29 is 4.74 Å². The van der Waals surface area contributed by atoms with E-state index in [-0.39, 0.29) is 5.56 Å². The smallest absolute Gasteiger partial charge is 0.258 e. The lowest BCUT2D eigenvalue weighted by atomic mass is 10.2. The van der Waals surface area contributed by atoms with Crippen LogP contribution in [0.3, 0.4) is 0 Å². The van der Waals surface area contributed by atoms with Gasteiger partial charge in [0, 0.05) is 35.5 Å². The summed E-state index contributed by atoms with van der Waals surface area (Å²) in [5, 5.41) is 11.4. The first-order valence-electron chi connectivity index (χ1n) is 9.94. The minimum Gasteiger partial charge on any atom is -0.494 e. The Morgan fingerprint density at radius 2 is 2.00 bits per heavy atom. The molecule has 0 atom stereocenters. The van der Waals surface area contributed by atoms with E-state index < -0.39 is 0 Å². The van der Waals surface area contributed by atoms with Crippen LogP contribution in [0.25, 0.3) is 16.3 Å². The lowest BCUT2D eigenvalue weighted by molar-refractivity contribution is 0.309. The highest BCUT2D eigenvalue weighted by Gasteiger charge is 2.14. The fourth-order valence-corrected chi connectivity index (χ4v) is 4.66. The first-order chi connectivity index (χ1) is 14.7. The summed E-state index contributed by atoms with van der Waals surface area (Å²) in [5.41, 5.74) is 1.68. The number of aromatic nitrogens is 5. The molecule has 0 amide bonds.